The third-order valence-corrected chi connectivity index (χ3v) is 4.48. The van der Waals surface area contributed by atoms with E-state index in [9.17, 15) is 20.1 Å². The molecule has 1 aliphatic heterocycles. The van der Waals surface area contributed by atoms with Crippen LogP contribution in [0.3, 0.4) is 0 Å². The van der Waals surface area contributed by atoms with Crippen LogP contribution in [0.5, 0.6) is 0 Å². The van der Waals surface area contributed by atoms with Gasteiger partial charge in [0.05, 0.1) is 18.3 Å². The smallest absolute Gasteiger partial charge is 0.303 e. The molecule has 0 aromatic carbocycles. The lowest BCUT2D eigenvalue weighted by Crippen LogP contribution is -2.43. The van der Waals surface area contributed by atoms with E-state index < -0.39 is 30.6 Å². The highest BCUT2D eigenvalue weighted by Gasteiger charge is 2.35. The average Bonchev–Trinajstić information content (AvgIpc) is 2.51. The molecule has 6 heteroatoms. The number of aliphatic hydroxyl groups excluding tert-OH is 3. The van der Waals surface area contributed by atoms with E-state index in [1.165, 1.54) is 0 Å². The van der Waals surface area contributed by atoms with Crippen molar-refractivity contribution in [3.63, 3.8) is 0 Å². The number of carbonyl (C=O) groups is 1. The van der Waals surface area contributed by atoms with Crippen molar-refractivity contribution < 1.29 is 30.0 Å². The maximum Gasteiger partial charge on any atom is 0.303 e. The number of aliphatic hydroxyl groups is 3. The van der Waals surface area contributed by atoms with E-state index >= 15 is 0 Å². The molecule has 0 radical (unpaired) electrons. The van der Waals surface area contributed by atoms with Crippen LogP contribution in [-0.2, 0) is 9.53 Å². The second-order valence-electron chi connectivity index (χ2n) is 6.61. The molecule has 24 heavy (non-hydrogen) atoms. The molecular formula is C18H32O6. The van der Waals surface area contributed by atoms with Crippen LogP contribution >= 0.6 is 0 Å². The van der Waals surface area contributed by atoms with Gasteiger partial charge in [-0.1, -0.05) is 44.8 Å². The summed E-state index contributed by atoms with van der Waals surface area (Å²) >= 11 is 0. The fourth-order valence-corrected chi connectivity index (χ4v) is 3.08. The summed E-state index contributed by atoms with van der Waals surface area (Å²) < 4.78 is 5.50. The number of carboxylic acid groups (broad SMARTS) is 1. The fourth-order valence-electron chi connectivity index (χ4n) is 3.08. The van der Waals surface area contributed by atoms with Crippen molar-refractivity contribution in [2.75, 3.05) is 0 Å². The first kappa shape index (κ1) is 21.1. The molecule has 1 aliphatic rings. The average molecular weight is 344 g/mol. The van der Waals surface area contributed by atoms with Gasteiger partial charge in [0.1, 0.15) is 0 Å². The first-order valence-electron chi connectivity index (χ1n) is 9.03. The summed E-state index contributed by atoms with van der Waals surface area (Å²) in [5.41, 5.74) is 0. The maximum absolute atomic E-state index is 10.6. The largest absolute Gasteiger partial charge is 0.481 e. The number of hydrogen-bond donors (Lipinski definition) is 4. The van der Waals surface area contributed by atoms with Crippen LogP contribution in [0.25, 0.3) is 0 Å². The van der Waals surface area contributed by atoms with Crippen LogP contribution in [0.4, 0.5) is 0 Å². The topological polar surface area (TPSA) is 107 Å². The molecule has 140 valence electrons. The number of unbranched alkanes of at least 4 members (excludes halogenated alkanes) is 3. The zero-order chi connectivity index (χ0) is 17.9. The first-order chi connectivity index (χ1) is 11.4. The van der Waals surface area contributed by atoms with Crippen molar-refractivity contribution in [3.8, 4) is 0 Å². The van der Waals surface area contributed by atoms with Crippen molar-refractivity contribution in [3.05, 3.63) is 12.2 Å². The van der Waals surface area contributed by atoms with Gasteiger partial charge in [0.15, 0.2) is 6.29 Å². The third-order valence-electron chi connectivity index (χ3n) is 4.48. The highest BCUT2D eigenvalue weighted by Crippen LogP contribution is 2.30. The Kier molecular flexibility index (Phi) is 10.2. The predicted octanol–water partition coefficient (Wildman–Crippen LogP) is 2.21. The van der Waals surface area contributed by atoms with Gasteiger partial charge in [0.25, 0.3) is 0 Å². The van der Waals surface area contributed by atoms with Crippen molar-refractivity contribution in [1.29, 1.82) is 0 Å². The normalized spacial score (nSPS) is 29.0. The Bertz CT molecular complexity index is 384. The monoisotopic (exact) mass is 344 g/mol. The fraction of sp³-hybridized carbons (Fsp3) is 0.833. The van der Waals surface area contributed by atoms with Crippen LogP contribution in [0.15, 0.2) is 12.2 Å². The lowest BCUT2D eigenvalue weighted by molar-refractivity contribution is -0.201. The maximum atomic E-state index is 10.6. The molecule has 1 unspecified atom stereocenters. The SMILES string of the molecule is CCCCC[C@H](O)/C=C/[C@H]1OC(O)C[C@H](O)[C@@H]1CCCCC(=O)O. The summed E-state index contributed by atoms with van der Waals surface area (Å²) in [7, 11) is 0. The van der Waals surface area contributed by atoms with Gasteiger partial charge in [0.2, 0.25) is 0 Å². The quantitative estimate of drug-likeness (QED) is 0.338. The van der Waals surface area contributed by atoms with E-state index in [-0.39, 0.29) is 18.8 Å². The molecule has 1 saturated heterocycles. The van der Waals surface area contributed by atoms with Crippen LogP contribution in [0, 0.1) is 5.92 Å². The van der Waals surface area contributed by atoms with E-state index in [1.807, 2.05) is 0 Å². The zero-order valence-electron chi connectivity index (χ0n) is 14.5. The number of carboxylic acids is 1. The molecule has 0 bridgehead atoms. The minimum atomic E-state index is -1.01. The van der Waals surface area contributed by atoms with Gasteiger partial charge in [-0.2, -0.15) is 0 Å². The Morgan fingerprint density at radius 3 is 2.67 bits per heavy atom. The standard InChI is InChI=1S/C18H32O6/c1-2-3-4-7-13(19)10-11-16-14(8-5-6-9-17(21)22)15(20)12-18(23)24-16/h10-11,13-16,18-20,23H,2-9,12H2,1H3,(H,21,22)/b11-10+/t13-,14-,15-,16+,18?/m0/s1. The lowest BCUT2D eigenvalue weighted by atomic mass is 9.85. The van der Waals surface area contributed by atoms with Gasteiger partial charge in [-0.3, -0.25) is 4.79 Å². The van der Waals surface area contributed by atoms with Crippen molar-refractivity contribution in [2.45, 2.75) is 89.3 Å². The number of ether oxygens (including phenoxy) is 1. The van der Waals surface area contributed by atoms with Gasteiger partial charge in [-0.15, -0.1) is 0 Å². The molecule has 1 rings (SSSR count). The van der Waals surface area contributed by atoms with E-state index in [4.69, 9.17) is 9.84 Å². The van der Waals surface area contributed by atoms with Crippen LogP contribution in [0.2, 0.25) is 0 Å². The Labute approximate surface area is 144 Å². The summed E-state index contributed by atoms with van der Waals surface area (Å²) in [6.45, 7) is 2.11. The third kappa shape index (κ3) is 8.24. The molecule has 0 aromatic rings. The van der Waals surface area contributed by atoms with Gasteiger partial charge >= 0.3 is 5.97 Å². The molecule has 4 N–H and O–H groups in total. The number of hydrogen-bond acceptors (Lipinski definition) is 5. The number of rotatable bonds is 11. The summed E-state index contributed by atoms with van der Waals surface area (Å²) in [5.74, 6) is -1.02. The minimum Gasteiger partial charge on any atom is -0.481 e. The molecule has 0 aliphatic carbocycles. The molecule has 5 atom stereocenters. The van der Waals surface area contributed by atoms with Crippen molar-refractivity contribution in [2.24, 2.45) is 5.92 Å². The van der Waals surface area contributed by atoms with Crippen LogP contribution in [0.1, 0.15) is 64.7 Å². The first-order valence-corrected chi connectivity index (χ1v) is 9.03. The highest BCUT2D eigenvalue weighted by molar-refractivity contribution is 5.66. The van der Waals surface area contributed by atoms with Crippen molar-refractivity contribution >= 4 is 5.97 Å². The summed E-state index contributed by atoms with van der Waals surface area (Å²) in [6.07, 6.45) is 6.63. The van der Waals surface area contributed by atoms with Crippen molar-refractivity contribution in [1.82, 2.24) is 0 Å². The van der Waals surface area contributed by atoms with Gasteiger partial charge in [0, 0.05) is 18.8 Å². The second-order valence-corrected chi connectivity index (χ2v) is 6.61. The minimum absolute atomic E-state index is 0.114. The van der Waals surface area contributed by atoms with Gasteiger partial charge < -0.3 is 25.2 Å². The summed E-state index contributed by atoms with van der Waals surface area (Å²) in [5, 5.41) is 38.5. The second kappa shape index (κ2) is 11.6. The van der Waals surface area contributed by atoms with E-state index in [0.29, 0.717) is 25.7 Å². The predicted molar refractivity (Wildman–Crippen MR) is 90.4 cm³/mol. The molecule has 0 spiro atoms. The Hall–Kier alpha value is -0.950. The molecule has 0 amide bonds. The van der Waals surface area contributed by atoms with E-state index in [0.717, 1.165) is 19.3 Å². The van der Waals surface area contributed by atoms with E-state index in [2.05, 4.69) is 6.92 Å². The van der Waals surface area contributed by atoms with Gasteiger partial charge in [-0.25, -0.2) is 0 Å². The van der Waals surface area contributed by atoms with Gasteiger partial charge in [-0.05, 0) is 19.3 Å². The zero-order valence-corrected chi connectivity index (χ0v) is 14.5. The molecule has 1 heterocycles. The molecule has 0 aromatic heterocycles. The van der Waals surface area contributed by atoms with Crippen LogP contribution in [-0.4, -0.2) is 51.0 Å². The Morgan fingerprint density at radius 2 is 2.00 bits per heavy atom. The molecule has 0 saturated carbocycles. The summed E-state index contributed by atoms with van der Waals surface area (Å²) in [6, 6.07) is 0. The molecular weight excluding hydrogens is 312 g/mol. The summed E-state index contributed by atoms with van der Waals surface area (Å²) in [4.78, 5) is 10.6. The lowest BCUT2D eigenvalue weighted by Gasteiger charge is -2.37. The number of aliphatic carboxylic acids is 1. The highest BCUT2D eigenvalue weighted by atomic mass is 16.6. The van der Waals surface area contributed by atoms with E-state index in [1.54, 1.807) is 12.2 Å². The van der Waals surface area contributed by atoms with Crippen LogP contribution < -0.4 is 0 Å². The Balaban J connectivity index is 2.52. The molecule has 1 fully saturated rings. The molecule has 6 nitrogen and oxygen atoms in total. The Morgan fingerprint density at radius 1 is 1.25 bits per heavy atom.